The van der Waals surface area contributed by atoms with E-state index in [1.807, 2.05) is 19.9 Å². The van der Waals surface area contributed by atoms with Crippen molar-refractivity contribution >= 4 is 15.7 Å². The van der Waals surface area contributed by atoms with E-state index < -0.39 is 15.7 Å². The number of aromatic nitrogens is 2. The molecule has 4 rings (SSSR count). The van der Waals surface area contributed by atoms with E-state index in [0.717, 1.165) is 12.8 Å². The SMILES string of the molecule is CC(C)Cn1c(CN(C[C@H]2CCCO2)C(=O)c2cccc(F)c2)cnc1S(=O)(=O)Cc1ccccc1. The van der Waals surface area contributed by atoms with Crippen LogP contribution in [0.2, 0.25) is 0 Å². The first kappa shape index (κ1) is 26.0. The molecule has 1 fully saturated rings. The number of rotatable bonds is 10. The van der Waals surface area contributed by atoms with Gasteiger partial charge in [-0.3, -0.25) is 4.79 Å². The second kappa shape index (κ2) is 11.3. The third-order valence-electron chi connectivity index (χ3n) is 6.09. The summed E-state index contributed by atoms with van der Waals surface area (Å²) in [7, 11) is -3.73. The summed E-state index contributed by atoms with van der Waals surface area (Å²) in [5.41, 5.74) is 1.53. The van der Waals surface area contributed by atoms with Gasteiger partial charge in [-0.2, -0.15) is 0 Å². The zero-order valence-electron chi connectivity index (χ0n) is 20.6. The van der Waals surface area contributed by atoms with Gasteiger partial charge in [0.1, 0.15) is 5.82 Å². The van der Waals surface area contributed by atoms with Crippen molar-refractivity contribution in [3.8, 4) is 0 Å². The fourth-order valence-corrected chi connectivity index (χ4v) is 5.94. The second-order valence-corrected chi connectivity index (χ2v) is 11.5. The van der Waals surface area contributed by atoms with Crippen molar-refractivity contribution in [2.75, 3.05) is 13.2 Å². The van der Waals surface area contributed by atoms with E-state index in [2.05, 4.69) is 4.98 Å². The van der Waals surface area contributed by atoms with Crippen molar-refractivity contribution in [3.63, 3.8) is 0 Å². The van der Waals surface area contributed by atoms with Gasteiger partial charge in [-0.1, -0.05) is 50.2 Å². The number of sulfone groups is 1. The Morgan fingerprint density at radius 1 is 1.19 bits per heavy atom. The summed E-state index contributed by atoms with van der Waals surface area (Å²) >= 11 is 0. The summed E-state index contributed by atoms with van der Waals surface area (Å²) in [4.78, 5) is 19.3. The lowest BCUT2D eigenvalue weighted by atomic mass is 10.1. The number of carbonyl (C=O) groups is 1. The Balaban J connectivity index is 1.66. The molecular weight excluding hydrogens is 481 g/mol. The molecule has 1 atom stereocenters. The van der Waals surface area contributed by atoms with Gasteiger partial charge in [0.25, 0.3) is 5.91 Å². The van der Waals surface area contributed by atoms with E-state index in [9.17, 15) is 17.6 Å². The molecule has 0 saturated carbocycles. The lowest BCUT2D eigenvalue weighted by Crippen LogP contribution is -2.37. The number of benzene rings is 2. The van der Waals surface area contributed by atoms with Crippen LogP contribution in [0.25, 0.3) is 0 Å². The van der Waals surface area contributed by atoms with Crippen LogP contribution in [0.3, 0.4) is 0 Å². The van der Waals surface area contributed by atoms with E-state index >= 15 is 0 Å². The molecule has 2 aromatic carbocycles. The number of amides is 1. The van der Waals surface area contributed by atoms with E-state index in [0.29, 0.717) is 31.0 Å². The molecule has 0 unspecified atom stereocenters. The number of nitrogens with zero attached hydrogens (tertiary/aromatic N) is 3. The van der Waals surface area contributed by atoms with Crippen molar-refractivity contribution in [2.24, 2.45) is 5.92 Å². The Kier molecular flexibility index (Phi) is 8.21. The van der Waals surface area contributed by atoms with Crippen molar-refractivity contribution in [1.82, 2.24) is 14.5 Å². The lowest BCUT2D eigenvalue weighted by Gasteiger charge is -2.26. The number of ether oxygens (including phenoxy) is 1. The molecule has 0 aliphatic carbocycles. The van der Waals surface area contributed by atoms with Crippen LogP contribution in [0, 0.1) is 11.7 Å². The minimum absolute atomic E-state index is 0.00896. The summed E-state index contributed by atoms with van der Waals surface area (Å²) < 4.78 is 48.0. The van der Waals surface area contributed by atoms with Crippen LogP contribution in [-0.4, -0.2) is 48.0 Å². The van der Waals surface area contributed by atoms with E-state index in [4.69, 9.17) is 4.74 Å². The first-order chi connectivity index (χ1) is 17.2. The third-order valence-corrected chi connectivity index (χ3v) is 7.68. The highest BCUT2D eigenvalue weighted by Gasteiger charge is 2.28. The Hall–Kier alpha value is -3.04. The molecular formula is C27H32FN3O4S. The van der Waals surface area contributed by atoms with Crippen molar-refractivity contribution in [3.05, 3.63) is 83.4 Å². The van der Waals surface area contributed by atoms with Gasteiger partial charge in [-0.25, -0.2) is 17.8 Å². The van der Waals surface area contributed by atoms with Crippen molar-refractivity contribution in [2.45, 2.75) is 56.8 Å². The molecule has 0 bridgehead atoms. The summed E-state index contributed by atoms with van der Waals surface area (Å²) in [6, 6.07) is 14.6. The van der Waals surface area contributed by atoms with Gasteiger partial charge in [0, 0.05) is 25.3 Å². The Morgan fingerprint density at radius 2 is 1.97 bits per heavy atom. The van der Waals surface area contributed by atoms with Crippen LogP contribution in [0.15, 0.2) is 66.0 Å². The monoisotopic (exact) mass is 513 g/mol. The quantitative estimate of drug-likeness (QED) is 0.400. The molecule has 192 valence electrons. The number of hydrogen-bond donors (Lipinski definition) is 0. The molecule has 1 aliphatic heterocycles. The first-order valence-electron chi connectivity index (χ1n) is 12.2. The zero-order valence-corrected chi connectivity index (χ0v) is 21.5. The summed E-state index contributed by atoms with van der Waals surface area (Å²) in [5, 5.41) is -0.00896. The molecule has 0 radical (unpaired) electrons. The van der Waals surface area contributed by atoms with E-state index in [-0.39, 0.29) is 40.9 Å². The number of imidazole rings is 1. The normalized spacial score (nSPS) is 15.9. The van der Waals surface area contributed by atoms with Crippen molar-refractivity contribution in [1.29, 1.82) is 0 Å². The van der Waals surface area contributed by atoms with Crippen LogP contribution in [0.4, 0.5) is 4.39 Å². The van der Waals surface area contributed by atoms with Crippen LogP contribution >= 0.6 is 0 Å². The predicted molar refractivity (Wildman–Crippen MR) is 135 cm³/mol. The third kappa shape index (κ3) is 6.39. The minimum atomic E-state index is -3.73. The molecule has 36 heavy (non-hydrogen) atoms. The van der Waals surface area contributed by atoms with Gasteiger partial charge in [-0.05, 0) is 42.5 Å². The maximum atomic E-state index is 13.9. The Morgan fingerprint density at radius 3 is 2.64 bits per heavy atom. The van der Waals surface area contributed by atoms with Crippen LogP contribution in [0.1, 0.15) is 48.3 Å². The lowest BCUT2D eigenvalue weighted by molar-refractivity contribution is 0.0500. The molecule has 2 heterocycles. The van der Waals surface area contributed by atoms with Gasteiger partial charge >= 0.3 is 0 Å². The number of hydrogen-bond acceptors (Lipinski definition) is 5. The minimum Gasteiger partial charge on any atom is -0.376 e. The predicted octanol–water partition coefficient (Wildman–Crippen LogP) is 4.47. The van der Waals surface area contributed by atoms with E-state index in [1.165, 1.54) is 24.4 Å². The topological polar surface area (TPSA) is 81.5 Å². The van der Waals surface area contributed by atoms with Crippen LogP contribution in [0.5, 0.6) is 0 Å². The second-order valence-electron chi connectivity index (χ2n) is 9.61. The van der Waals surface area contributed by atoms with Gasteiger partial charge in [0.15, 0.2) is 0 Å². The summed E-state index contributed by atoms with van der Waals surface area (Å²) in [6.07, 6.45) is 3.15. The van der Waals surface area contributed by atoms with Gasteiger partial charge in [0.2, 0.25) is 15.0 Å². The smallest absolute Gasteiger partial charge is 0.254 e. The Bertz CT molecular complexity index is 1290. The highest BCUT2D eigenvalue weighted by molar-refractivity contribution is 7.90. The maximum absolute atomic E-state index is 13.9. The molecule has 1 aliphatic rings. The molecule has 0 spiro atoms. The molecule has 3 aromatic rings. The number of carbonyl (C=O) groups excluding carboxylic acids is 1. The van der Waals surface area contributed by atoms with Gasteiger partial charge < -0.3 is 14.2 Å². The highest BCUT2D eigenvalue weighted by atomic mass is 32.2. The highest BCUT2D eigenvalue weighted by Crippen LogP contribution is 2.22. The molecule has 1 aromatic heterocycles. The standard InChI is InChI=1S/C27H32FN3O4S/c1-20(2)16-31-24(15-29-27(31)36(33,34)19-21-8-4-3-5-9-21)17-30(18-25-12-7-13-35-25)26(32)22-10-6-11-23(28)14-22/h3-6,8-11,14-15,20,25H,7,12-13,16-19H2,1-2H3/t25-/m1/s1. The number of halogens is 1. The molecule has 9 heteroatoms. The average Bonchev–Trinajstić information content (AvgIpc) is 3.49. The Labute approximate surface area is 211 Å². The van der Waals surface area contributed by atoms with Crippen LogP contribution < -0.4 is 0 Å². The average molecular weight is 514 g/mol. The molecule has 7 nitrogen and oxygen atoms in total. The first-order valence-corrected chi connectivity index (χ1v) is 13.9. The maximum Gasteiger partial charge on any atom is 0.254 e. The fraction of sp³-hybridized carbons (Fsp3) is 0.407. The largest absolute Gasteiger partial charge is 0.376 e. The van der Waals surface area contributed by atoms with Gasteiger partial charge in [0.05, 0.1) is 30.3 Å². The molecule has 1 amide bonds. The molecule has 1 saturated heterocycles. The summed E-state index contributed by atoms with van der Waals surface area (Å²) in [5.74, 6) is -0.841. The van der Waals surface area contributed by atoms with Gasteiger partial charge in [-0.15, -0.1) is 0 Å². The fourth-order valence-electron chi connectivity index (χ4n) is 4.44. The van der Waals surface area contributed by atoms with Crippen molar-refractivity contribution < 1.29 is 22.3 Å². The molecule has 0 N–H and O–H groups in total. The van der Waals surface area contributed by atoms with Crippen LogP contribution in [-0.2, 0) is 33.4 Å². The zero-order chi connectivity index (χ0) is 25.7. The van der Waals surface area contributed by atoms with E-state index in [1.54, 1.807) is 39.8 Å². The summed E-state index contributed by atoms with van der Waals surface area (Å²) in [6.45, 7) is 5.53.